The average Bonchev–Trinajstić information content (AvgIpc) is 2.70. The third-order valence-corrected chi connectivity index (χ3v) is 6.39. The summed E-state index contributed by atoms with van der Waals surface area (Å²) in [5, 5.41) is 0. The number of hydrogen-bond donors (Lipinski definition) is 0. The van der Waals surface area contributed by atoms with E-state index < -0.39 is 10.0 Å². The van der Waals surface area contributed by atoms with E-state index >= 15 is 0 Å². The van der Waals surface area contributed by atoms with Gasteiger partial charge in [0.15, 0.2) is 0 Å². The summed E-state index contributed by atoms with van der Waals surface area (Å²) >= 11 is 0. The van der Waals surface area contributed by atoms with Gasteiger partial charge in [0.25, 0.3) is 5.91 Å². The zero-order valence-corrected chi connectivity index (χ0v) is 17.1. The molecule has 5 nitrogen and oxygen atoms in total. The van der Waals surface area contributed by atoms with Crippen molar-refractivity contribution in [2.24, 2.45) is 0 Å². The molecule has 1 amide bonds. The van der Waals surface area contributed by atoms with Gasteiger partial charge in [0, 0.05) is 32.2 Å². The second-order valence-electron chi connectivity index (χ2n) is 6.51. The van der Waals surface area contributed by atoms with Crippen molar-refractivity contribution in [3.63, 3.8) is 0 Å². The summed E-state index contributed by atoms with van der Waals surface area (Å²) in [5.41, 5.74) is 1.55. The maximum Gasteiger partial charge on any atom is 0.254 e. The Morgan fingerprint density at radius 3 is 2.15 bits per heavy atom. The van der Waals surface area contributed by atoms with Crippen molar-refractivity contribution >= 4 is 15.9 Å². The molecule has 2 rings (SSSR count). The molecule has 0 radical (unpaired) electrons. The minimum atomic E-state index is -3.52. The van der Waals surface area contributed by atoms with Gasteiger partial charge in [-0.3, -0.25) is 4.79 Å². The minimum absolute atomic E-state index is 0.107. The van der Waals surface area contributed by atoms with E-state index in [9.17, 15) is 13.2 Å². The van der Waals surface area contributed by atoms with Crippen LogP contribution >= 0.6 is 0 Å². The highest BCUT2D eigenvalue weighted by atomic mass is 32.2. The summed E-state index contributed by atoms with van der Waals surface area (Å²) in [4.78, 5) is 14.7. The number of nitrogens with zero attached hydrogens (tertiary/aromatic N) is 2. The highest BCUT2D eigenvalue weighted by Gasteiger charge is 2.21. The Balaban J connectivity index is 2.14. The smallest absolute Gasteiger partial charge is 0.254 e. The molecule has 0 aliphatic carbocycles. The van der Waals surface area contributed by atoms with Gasteiger partial charge in [-0.15, -0.1) is 0 Å². The van der Waals surface area contributed by atoms with E-state index in [1.165, 1.54) is 16.4 Å². The summed E-state index contributed by atoms with van der Waals surface area (Å²) in [7, 11) is -1.93. The average molecular weight is 389 g/mol. The van der Waals surface area contributed by atoms with Crippen molar-refractivity contribution in [2.45, 2.75) is 38.1 Å². The van der Waals surface area contributed by atoms with Crippen LogP contribution in [-0.4, -0.2) is 43.7 Å². The Kier molecular flexibility index (Phi) is 7.56. The molecule has 2 aromatic rings. The highest BCUT2D eigenvalue weighted by Crippen LogP contribution is 2.17. The van der Waals surface area contributed by atoms with E-state index in [4.69, 9.17) is 0 Å². The largest absolute Gasteiger partial charge is 0.335 e. The van der Waals surface area contributed by atoms with Gasteiger partial charge in [0.1, 0.15) is 0 Å². The molecule has 0 unspecified atom stereocenters. The van der Waals surface area contributed by atoms with Crippen LogP contribution in [-0.2, 0) is 16.6 Å². The number of carbonyl (C=O) groups excluding carboxylic acids is 1. The monoisotopic (exact) mass is 388 g/mol. The quantitative estimate of drug-likeness (QED) is 0.657. The van der Waals surface area contributed by atoms with Crippen LogP contribution in [0.1, 0.15) is 42.6 Å². The standard InChI is InChI=1S/C21H28N2O3S/c1-4-6-16-22(3)27(25,26)20-14-12-19(13-15-20)21(24)23(5-2)17-18-10-8-7-9-11-18/h7-15H,4-6,16-17H2,1-3H3. The van der Waals surface area contributed by atoms with Crippen LogP contribution in [0.5, 0.6) is 0 Å². The van der Waals surface area contributed by atoms with E-state index in [2.05, 4.69) is 0 Å². The molecule has 2 aromatic carbocycles. The van der Waals surface area contributed by atoms with Crippen LogP contribution in [0.3, 0.4) is 0 Å². The Bertz CT molecular complexity index is 833. The van der Waals surface area contributed by atoms with Gasteiger partial charge in [-0.25, -0.2) is 12.7 Å². The van der Waals surface area contributed by atoms with Crippen LogP contribution in [0.25, 0.3) is 0 Å². The summed E-state index contributed by atoms with van der Waals surface area (Å²) in [6, 6.07) is 16.0. The van der Waals surface area contributed by atoms with Crippen molar-refractivity contribution in [2.75, 3.05) is 20.1 Å². The third-order valence-electron chi connectivity index (χ3n) is 4.52. The number of sulfonamides is 1. The molecule has 6 heteroatoms. The Labute approximate surface area is 162 Å². The fourth-order valence-electron chi connectivity index (χ4n) is 2.76. The molecule has 0 fully saturated rings. The number of carbonyl (C=O) groups is 1. The lowest BCUT2D eigenvalue weighted by Gasteiger charge is -2.21. The topological polar surface area (TPSA) is 57.7 Å². The van der Waals surface area contributed by atoms with Crippen molar-refractivity contribution < 1.29 is 13.2 Å². The fourth-order valence-corrected chi connectivity index (χ4v) is 3.97. The van der Waals surface area contributed by atoms with Gasteiger partial charge in [-0.1, -0.05) is 43.7 Å². The molecule has 0 aliphatic rings. The van der Waals surface area contributed by atoms with E-state index in [-0.39, 0.29) is 10.8 Å². The van der Waals surface area contributed by atoms with Crippen LogP contribution in [0.2, 0.25) is 0 Å². The fraction of sp³-hybridized carbons (Fsp3) is 0.381. The third kappa shape index (κ3) is 5.40. The van der Waals surface area contributed by atoms with E-state index in [0.29, 0.717) is 25.2 Å². The lowest BCUT2D eigenvalue weighted by Crippen LogP contribution is -2.30. The Hall–Kier alpha value is -2.18. The van der Waals surface area contributed by atoms with Crippen molar-refractivity contribution in [3.05, 3.63) is 65.7 Å². The molecule has 0 saturated carbocycles. The zero-order chi connectivity index (χ0) is 19.9. The molecule has 0 N–H and O–H groups in total. The first kappa shape index (κ1) is 21.1. The van der Waals surface area contributed by atoms with Crippen LogP contribution in [0.4, 0.5) is 0 Å². The number of benzene rings is 2. The second-order valence-corrected chi connectivity index (χ2v) is 8.55. The van der Waals surface area contributed by atoms with Crippen molar-refractivity contribution in [1.82, 2.24) is 9.21 Å². The highest BCUT2D eigenvalue weighted by molar-refractivity contribution is 7.89. The Morgan fingerprint density at radius 2 is 1.59 bits per heavy atom. The minimum Gasteiger partial charge on any atom is -0.335 e. The van der Waals surface area contributed by atoms with Crippen LogP contribution < -0.4 is 0 Å². The zero-order valence-electron chi connectivity index (χ0n) is 16.3. The molecule has 0 saturated heterocycles. The van der Waals surface area contributed by atoms with Crippen molar-refractivity contribution in [3.8, 4) is 0 Å². The molecule has 27 heavy (non-hydrogen) atoms. The normalized spacial score (nSPS) is 11.6. The maximum atomic E-state index is 12.8. The molecule has 0 atom stereocenters. The maximum absolute atomic E-state index is 12.8. The number of amides is 1. The first-order valence-corrected chi connectivity index (χ1v) is 10.7. The predicted molar refractivity (Wildman–Crippen MR) is 108 cm³/mol. The van der Waals surface area contributed by atoms with Gasteiger partial charge in [0.05, 0.1) is 4.90 Å². The number of rotatable bonds is 9. The van der Waals surface area contributed by atoms with E-state index in [0.717, 1.165) is 18.4 Å². The SMILES string of the molecule is CCCCN(C)S(=O)(=O)c1ccc(C(=O)N(CC)Cc2ccccc2)cc1. The molecular formula is C21H28N2O3S. The van der Waals surface area contributed by atoms with Gasteiger partial charge < -0.3 is 4.90 Å². The first-order valence-electron chi connectivity index (χ1n) is 9.29. The van der Waals surface area contributed by atoms with Gasteiger partial charge >= 0.3 is 0 Å². The molecule has 0 bridgehead atoms. The molecule has 0 aromatic heterocycles. The lowest BCUT2D eigenvalue weighted by atomic mass is 10.1. The van der Waals surface area contributed by atoms with Gasteiger partial charge in [0.2, 0.25) is 10.0 Å². The van der Waals surface area contributed by atoms with E-state index in [1.807, 2.05) is 44.2 Å². The summed E-state index contributed by atoms with van der Waals surface area (Å²) < 4.78 is 26.5. The second kappa shape index (κ2) is 9.67. The van der Waals surface area contributed by atoms with Gasteiger partial charge in [-0.05, 0) is 43.2 Å². The van der Waals surface area contributed by atoms with Crippen molar-refractivity contribution in [1.29, 1.82) is 0 Å². The summed E-state index contributed by atoms with van der Waals surface area (Å²) in [6.07, 6.45) is 1.75. The predicted octanol–water partition coefficient (Wildman–Crippen LogP) is 3.77. The number of unbranched alkanes of at least 4 members (excludes halogenated alkanes) is 1. The first-order chi connectivity index (χ1) is 12.9. The lowest BCUT2D eigenvalue weighted by molar-refractivity contribution is 0.0752. The summed E-state index contributed by atoms with van der Waals surface area (Å²) in [5.74, 6) is -0.107. The molecule has 0 heterocycles. The molecular weight excluding hydrogens is 360 g/mol. The molecule has 0 aliphatic heterocycles. The molecule has 146 valence electrons. The van der Waals surface area contributed by atoms with E-state index in [1.54, 1.807) is 24.1 Å². The van der Waals surface area contributed by atoms with Crippen LogP contribution in [0, 0.1) is 0 Å². The van der Waals surface area contributed by atoms with Gasteiger partial charge in [-0.2, -0.15) is 0 Å². The number of hydrogen-bond acceptors (Lipinski definition) is 3. The summed E-state index contributed by atoms with van der Waals surface area (Å²) in [6.45, 7) is 5.54. The Morgan fingerprint density at radius 1 is 0.963 bits per heavy atom. The van der Waals surface area contributed by atoms with Crippen LogP contribution in [0.15, 0.2) is 59.5 Å². The molecule has 0 spiro atoms.